The Labute approximate surface area is 252 Å². The van der Waals surface area contributed by atoms with Gasteiger partial charge in [-0.3, -0.25) is 9.69 Å². The molecule has 1 aliphatic carbocycles. The molecule has 12 heteroatoms. The highest BCUT2D eigenvalue weighted by Crippen LogP contribution is 2.49. The average Bonchev–Trinajstić information content (AvgIpc) is 3.82. The van der Waals surface area contributed by atoms with Gasteiger partial charge in [0.25, 0.3) is 5.91 Å². The number of carbonyl (C=O) groups excluding carboxylic acids is 1. The molecule has 1 N–H and O–H groups in total. The van der Waals surface area contributed by atoms with Crippen LogP contribution < -0.4 is 4.90 Å². The van der Waals surface area contributed by atoms with Gasteiger partial charge in [-0.25, -0.2) is 9.18 Å². The molecule has 0 bridgehead atoms. The zero-order valence-electron chi connectivity index (χ0n) is 23.8. The van der Waals surface area contributed by atoms with Crippen molar-refractivity contribution in [3.63, 3.8) is 0 Å². The molecule has 3 heterocycles. The first-order chi connectivity index (χ1) is 20.4. The second kappa shape index (κ2) is 11.2. The van der Waals surface area contributed by atoms with Crippen molar-refractivity contribution in [2.24, 2.45) is 5.92 Å². The summed E-state index contributed by atoms with van der Waals surface area (Å²) < 4.78 is 60.8. The van der Waals surface area contributed by atoms with E-state index in [0.717, 1.165) is 31.4 Å². The maximum Gasteiger partial charge on any atom is 0.416 e. The Balaban J connectivity index is 1.11. The van der Waals surface area contributed by atoms with E-state index < -0.39 is 29.1 Å². The highest BCUT2D eigenvalue weighted by molar-refractivity contribution is 6.31. The van der Waals surface area contributed by atoms with Crippen molar-refractivity contribution >= 4 is 29.2 Å². The number of carbonyl (C=O) groups is 2. The van der Waals surface area contributed by atoms with Gasteiger partial charge in [0.15, 0.2) is 0 Å². The topological polar surface area (TPSA) is 73.3 Å². The van der Waals surface area contributed by atoms with Crippen molar-refractivity contribution in [3.8, 4) is 0 Å². The van der Waals surface area contributed by atoms with Crippen LogP contribution in [-0.2, 0) is 28.7 Å². The van der Waals surface area contributed by atoms with Crippen LogP contribution in [0.4, 0.5) is 23.2 Å². The smallest absolute Gasteiger partial charge is 0.416 e. The lowest BCUT2D eigenvalue weighted by atomic mass is 9.84. The van der Waals surface area contributed by atoms with Crippen molar-refractivity contribution < 1.29 is 37.0 Å². The fourth-order valence-electron chi connectivity index (χ4n) is 7.09. The summed E-state index contributed by atoms with van der Waals surface area (Å²) in [6.07, 6.45) is -1.06. The zero-order valence-corrected chi connectivity index (χ0v) is 24.6. The lowest BCUT2D eigenvalue weighted by molar-refractivity contribution is -0.176. The van der Waals surface area contributed by atoms with Gasteiger partial charge in [0.2, 0.25) is 0 Å². The second-order valence-electron chi connectivity index (χ2n) is 12.2. The number of hydrogen-bond donors (Lipinski definition) is 1. The molecule has 2 aromatic rings. The minimum atomic E-state index is -4.52. The first-order valence-electron chi connectivity index (χ1n) is 14.7. The van der Waals surface area contributed by atoms with Crippen molar-refractivity contribution in [2.75, 3.05) is 37.7 Å². The van der Waals surface area contributed by atoms with Crippen LogP contribution in [-0.4, -0.2) is 77.3 Å². The lowest BCUT2D eigenvalue weighted by Crippen LogP contribution is -2.61. The van der Waals surface area contributed by atoms with Gasteiger partial charge in [-0.2, -0.15) is 13.2 Å². The number of nitrogens with zero attached hydrogens (tertiary/aromatic N) is 3. The Hall–Kier alpha value is -2.89. The zero-order chi connectivity index (χ0) is 30.7. The summed E-state index contributed by atoms with van der Waals surface area (Å²) in [5, 5.41) is 9.40. The molecule has 0 radical (unpaired) electrons. The van der Waals surface area contributed by atoms with E-state index in [2.05, 4.69) is 9.80 Å². The summed E-state index contributed by atoms with van der Waals surface area (Å²) in [5.41, 5.74) is -0.366. The van der Waals surface area contributed by atoms with Gasteiger partial charge in [-0.15, -0.1) is 0 Å². The quantitative estimate of drug-likeness (QED) is 0.436. The Bertz CT molecular complexity index is 1420. The van der Waals surface area contributed by atoms with E-state index in [1.807, 2.05) is 6.92 Å². The number of amides is 1. The van der Waals surface area contributed by atoms with Crippen LogP contribution in [0.3, 0.4) is 0 Å². The fourth-order valence-corrected chi connectivity index (χ4v) is 7.43. The largest absolute Gasteiger partial charge is 0.478 e. The van der Waals surface area contributed by atoms with Crippen LogP contribution in [0.5, 0.6) is 0 Å². The molecule has 2 saturated heterocycles. The number of benzene rings is 2. The van der Waals surface area contributed by atoms with E-state index >= 15 is 0 Å². The number of alkyl halides is 3. The minimum Gasteiger partial charge on any atom is -0.478 e. The molecule has 7 nitrogen and oxygen atoms in total. The van der Waals surface area contributed by atoms with Gasteiger partial charge in [-0.1, -0.05) is 11.6 Å². The number of fused-ring (bicyclic) bond motifs is 1. The average molecular weight is 624 g/mol. The van der Waals surface area contributed by atoms with Crippen molar-refractivity contribution in [1.29, 1.82) is 0 Å². The molecule has 4 aliphatic rings. The number of piperazine rings is 1. The van der Waals surface area contributed by atoms with E-state index in [1.165, 1.54) is 12.1 Å². The van der Waals surface area contributed by atoms with Gasteiger partial charge in [0.05, 0.1) is 17.7 Å². The maximum atomic E-state index is 14.0. The molecule has 3 aliphatic heterocycles. The SMILES string of the molecule is C[C@H]1CN(C2CC[C@@](C(=O)N3CCc4c(Cl)cc(C(F)(F)F)cc4C3)(C3CC3)OC2)CCN1c1ccc(F)c(C(=O)O)c1. The number of carboxylic acid groups (broad SMARTS) is 1. The van der Waals surface area contributed by atoms with Crippen LogP contribution in [0.25, 0.3) is 0 Å². The van der Waals surface area contributed by atoms with E-state index in [0.29, 0.717) is 62.4 Å². The van der Waals surface area contributed by atoms with Crippen LogP contribution in [0.2, 0.25) is 5.02 Å². The monoisotopic (exact) mass is 623 g/mol. The number of anilines is 1. The summed E-state index contributed by atoms with van der Waals surface area (Å²) in [5.74, 6) is -2.11. The Morgan fingerprint density at radius 3 is 2.49 bits per heavy atom. The molecule has 0 aromatic heterocycles. The van der Waals surface area contributed by atoms with Gasteiger partial charge < -0.3 is 19.6 Å². The van der Waals surface area contributed by atoms with Crippen molar-refractivity contribution in [3.05, 3.63) is 63.4 Å². The maximum absolute atomic E-state index is 14.0. The molecule has 1 saturated carbocycles. The van der Waals surface area contributed by atoms with E-state index in [9.17, 15) is 32.3 Å². The predicted molar refractivity (Wildman–Crippen MR) is 152 cm³/mol. The normalized spacial score (nSPS) is 26.7. The lowest BCUT2D eigenvalue weighted by Gasteiger charge is -2.49. The molecule has 232 valence electrons. The first-order valence-corrected chi connectivity index (χ1v) is 15.1. The molecule has 1 unspecified atom stereocenters. The van der Waals surface area contributed by atoms with Crippen molar-refractivity contribution in [1.82, 2.24) is 9.80 Å². The summed E-state index contributed by atoms with van der Waals surface area (Å²) in [6, 6.07) is 6.37. The Morgan fingerprint density at radius 2 is 1.86 bits per heavy atom. The number of hydrogen-bond acceptors (Lipinski definition) is 5. The third kappa shape index (κ3) is 5.71. The Kier molecular flexibility index (Phi) is 7.88. The van der Waals surface area contributed by atoms with Crippen molar-refractivity contribution in [2.45, 2.75) is 69.4 Å². The van der Waals surface area contributed by atoms with E-state index in [4.69, 9.17) is 16.3 Å². The molecule has 6 rings (SSSR count). The molecule has 43 heavy (non-hydrogen) atoms. The third-order valence-corrected chi connectivity index (χ3v) is 9.90. The molecule has 3 atom stereocenters. The van der Waals surface area contributed by atoms with E-state index in [1.54, 1.807) is 11.0 Å². The first kappa shape index (κ1) is 30.1. The fraction of sp³-hybridized carbons (Fsp3) is 0.548. The van der Waals surface area contributed by atoms with E-state index in [-0.39, 0.29) is 41.0 Å². The molecule has 2 aromatic carbocycles. The number of ether oxygens (including phenoxy) is 1. The molecule has 3 fully saturated rings. The van der Waals surface area contributed by atoms with Crippen LogP contribution >= 0.6 is 11.6 Å². The summed E-state index contributed by atoms with van der Waals surface area (Å²) in [7, 11) is 0. The minimum absolute atomic E-state index is 0.0411. The predicted octanol–water partition coefficient (Wildman–Crippen LogP) is 5.62. The highest BCUT2D eigenvalue weighted by Gasteiger charge is 2.56. The number of carboxylic acids is 1. The summed E-state index contributed by atoms with van der Waals surface area (Å²) in [4.78, 5) is 31.5. The molecular weight excluding hydrogens is 590 g/mol. The summed E-state index contributed by atoms with van der Waals surface area (Å²) >= 11 is 6.21. The third-order valence-electron chi connectivity index (χ3n) is 9.56. The second-order valence-corrected chi connectivity index (χ2v) is 12.7. The molecule has 0 spiro atoms. The van der Waals surface area contributed by atoms with Crippen LogP contribution in [0, 0.1) is 11.7 Å². The van der Waals surface area contributed by atoms with Gasteiger partial charge in [0, 0.05) is 55.5 Å². The van der Waals surface area contributed by atoms with Gasteiger partial charge in [-0.05, 0) is 86.4 Å². The van der Waals surface area contributed by atoms with Gasteiger partial charge >= 0.3 is 12.1 Å². The summed E-state index contributed by atoms with van der Waals surface area (Å²) in [6.45, 7) is 4.91. The van der Waals surface area contributed by atoms with Crippen LogP contribution in [0.15, 0.2) is 30.3 Å². The highest BCUT2D eigenvalue weighted by atomic mass is 35.5. The molecular formula is C31H34ClF4N3O4. The Morgan fingerprint density at radius 1 is 1.09 bits per heavy atom. The van der Waals surface area contributed by atoms with Gasteiger partial charge in [0.1, 0.15) is 11.4 Å². The standard InChI is InChI=1S/C31H34ClF4N3O4/c1-18-15-37(10-11-39(18)22-4-5-27(33)25(14-22)28(40)41)23-6-8-30(43-17-23,20-2-3-20)29(42)38-9-7-24-19(16-38)12-21(13-26(24)32)31(34,35)36/h4-5,12-14,18,20,23H,2-3,6-11,15-17H2,1H3,(H,40,41)/t18-,23?,30-/m0/s1. The number of aromatic carboxylic acids is 1. The van der Waals surface area contributed by atoms with Crippen LogP contribution in [0.1, 0.15) is 59.7 Å². The number of rotatable bonds is 5. The number of halogens is 5. The molecule has 1 amide bonds.